The van der Waals surface area contributed by atoms with Crippen LogP contribution >= 0.6 is 24.0 Å². The Labute approximate surface area is 200 Å². The number of guanidine groups is 1. The minimum absolute atomic E-state index is 0. The smallest absolute Gasteiger partial charge is 0.225 e. The molecule has 170 valence electrons. The molecule has 0 radical (unpaired) electrons. The molecule has 10 nitrogen and oxygen atoms in total. The van der Waals surface area contributed by atoms with Crippen molar-refractivity contribution in [1.29, 1.82) is 0 Å². The number of hydrogen-bond acceptors (Lipinski definition) is 7. The summed E-state index contributed by atoms with van der Waals surface area (Å²) in [4.78, 5) is 18.2. The van der Waals surface area contributed by atoms with Crippen LogP contribution in [0.5, 0.6) is 0 Å². The first kappa shape index (κ1) is 23.6. The molecule has 1 atom stereocenters. The molecule has 4 heterocycles. The molecule has 0 amide bonds. The van der Waals surface area contributed by atoms with E-state index in [1.54, 1.807) is 18.7 Å². The Morgan fingerprint density at radius 2 is 2.03 bits per heavy atom. The summed E-state index contributed by atoms with van der Waals surface area (Å²) in [5.74, 6) is 2.75. The zero-order valence-electron chi connectivity index (χ0n) is 18.1. The van der Waals surface area contributed by atoms with E-state index < -0.39 is 0 Å². The monoisotopic (exact) mass is 541 g/mol. The number of anilines is 1. The Morgan fingerprint density at radius 3 is 2.74 bits per heavy atom. The summed E-state index contributed by atoms with van der Waals surface area (Å²) in [6, 6.07) is 1.85. The van der Waals surface area contributed by atoms with Gasteiger partial charge in [-0.2, -0.15) is 0 Å². The number of nitrogens with zero attached hydrogens (tertiary/aromatic N) is 8. The highest BCUT2D eigenvalue weighted by molar-refractivity contribution is 14.0. The van der Waals surface area contributed by atoms with Gasteiger partial charge in [-0.25, -0.2) is 9.97 Å². The third-order valence-corrected chi connectivity index (χ3v) is 5.53. The van der Waals surface area contributed by atoms with E-state index in [4.69, 9.17) is 9.73 Å². The van der Waals surface area contributed by atoms with E-state index in [-0.39, 0.29) is 30.1 Å². The first-order valence-corrected chi connectivity index (χ1v) is 10.9. The maximum Gasteiger partial charge on any atom is 0.225 e. The Balaban J connectivity index is 0.00000272. The summed E-state index contributed by atoms with van der Waals surface area (Å²) in [5, 5.41) is 11.7. The molecule has 2 aliphatic rings. The summed E-state index contributed by atoms with van der Waals surface area (Å²) in [7, 11) is 0. The highest BCUT2D eigenvalue weighted by Gasteiger charge is 2.22. The van der Waals surface area contributed by atoms with Crippen LogP contribution in [0.2, 0.25) is 0 Å². The highest BCUT2D eigenvalue weighted by Crippen LogP contribution is 2.13. The molecule has 4 rings (SSSR count). The zero-order chi connectivity index (χ0) is 20.6. The molecule has 1 N–H and O–H groups in total. The minimum Gasteiger partial charge on any atom is -0.376 e. The standard InChI is InChI=1S/C20H31N9O.HI/c1-2-18-26-25-16-29(18)9-8-23-20(24-15-17-5-3-14-30-17)28-12-10-27(11-13-28)19-21-6-4-7-22-19;/h4,6-7,16-17H,2-3,5,8-15H2,1H3,(H,23,24);1H. The third-order valence-electron chi connectivity index (χ3n) is 5.53. The summed E-state index contributed by atoms with van der Waals surface area (Å²) >= 11 is 0. The number of aliphatic imine (C=N–C) groups is 1. The van der Waals surface area contributed by atoms with E-state index >= 15 is 0 Å². The lowest BCUT2D eigenvalue weighted by atomic mass is 10.2. The van der Waals surface area contributed by atoms with Crippen molar-refractivity contribution >= 4 is 35.9 Å². The number of hydrogen-bond donors (Lipinski definition) is 1. The molecule has 0 saturated carbocycles. The van der Waals surface area contributed by atoms with Crippen LogP contribution in [0.4, 0.5) is 5.95 Å². The van der Waals surface area contributed by atoms with Gasteiger partial charge in [0.25, 0.3) is 0 Å². The van der Waals surface area contributed by atoms with Crippen molar-refractivity contribution in [3.63, 3.8) is 0 Å². The Morgan fingerprint density at radius 1 is 1.23 bits per heavy atom. The van der Waals surface area contributed by atoms with Gasteiger partial charge < -0.3 is 24.4 Å². The van der Waals surface area contributed by atoms with Gasteiger partial charge in [-0.3, -0.25) is 4.99 Å². The van der Waals surface area contributed by atoms with Crippen molar-refractivity contribution in [2.45, 2.75) is 38.8 Å². The molecular weight excluding hydrogens is 509 g/mol. The topological polar surface area (TPSA) is 96.6 Å². The van der Waals surface area contributed by atoms with Crippen LogP contribution in [-0.2, 0) is 17.7 Å². The molecule has 31 heavy (non-hydrogen) atoms. The summed E-state index contributed by atoms with van der Waals surface area (Å²) in [6.45, 7) is 8.74. The van der Waals surface area contributed by atoms with Crippen LogP contribution in [0, 0.1) is 0 Å². The van der Waals surface area contributed by atoms with Crippen molar-refractivity contribution in [1.82, 2.24) is 34.9 Å². The molecule has 0 aromatic carbocycles. The van der Waals surface area contributed by atoms with Gasteiger partial charge in [-0.05, 0) is 18.9 Å². The number of halogens is 1. The second kappa shape index (κ2) is 12.1. The van der Waals surface area contributed by atoms with E-state index in [2.05, 4.69) is 46.8 Å². The fraction of sp³-hybridized carbons (Fsp3) is 0.650. The second-order valence-electron chi connectivity index (χ2n) is 7.54. The maximum absolute atomic E-state index is 5.76. The summed E-state index contributed by atoms with van der Waals surface area (Å²) in [5.41, 5.74) is 0. The van der Waals surface area contributed by atoms with Crippen LogP contribution in [0.15, 0.2) is 29.8 Å². The zero-order valence-corrected chi connectivity index (χ0v) is 20.4. The van der Waals surface area contributed by atoms with Crippen LogP contribution in [-0.4, -0.2) is 87.6 Å². The number of ether oxygens (including phenoxy) is 1. The number of rotatable bonds is 7. The normalized spacial score (nSPS) is 19.4. The molecule has 2 aliphatic heterocycles. The lowest BCUT2D eigenvalue weighted by molar-refractivity contribution is 0.117. The SMILES string of the molecule is CCc1nncn1CCNC(=NCC1CCCO1)N1CCN(c2ncccn2)CC1.I. The maximum atomic E-state index is 5.76. The molecular formula is C20H32IN9O. The predicted molar refractivity (Wildman–Crippen MR) is 130 cm³/mol. The lowest BCUT2D eigenvalue weighted by Gasteiger charge is -2.36. The van der Waals surface area contributed by atoms with E-state index in [1.807, 2.05) is 6.07 Å². The van der Waals surface area contributed by atoms with E-state index in [9.17, 15) is 0 Å². The Hall–Kier alpha value is -2.02. The van der Waals surface area contributed by atoms with Crippen molar-refractivity contribution < 1.29 is 4.74 Å². The van der Waals surface area contributed by atoms with Crippen LogP contribution in [0.3, 0.4) is 0 Å². The number of nitrogens with one attached hydrogen (secondary N) is 1. The van der Waals surface area contributed by atoms with Gasteiger partial charge in [0.15, 0.2) is 5.96 Å². The van der Waals surface area contributed by atoms with Crippen LogP contribution < -0.4 is 10.2 Å². The largest absolute Gasteiger partial charge is 0.376 e. The van der Waals surface area contributed by atoms with E-state index in [0.717, 1.165) is 82.9 Å². The molecule has 1 unspecified atom stereocenters. The summed E-state index contributed by atoms with van der Waals surface area (Å²) < 4.78 is 7.85. The second-order valence-corrected chi connectivity index (χ2v) is 7.54. The quantitative estimate of drug-likeness (QED) is 0.318. The molecule has 0 bridgehead atoms. The first-order valence-electron chi connectivity index (χ1n) is 10.9. The molecule has 2 aromatic rings. The van der Waals surface area contributed by atoms with Gasteiger partial charge in [-0.1, -0.05) is 6.92 Å². The van der Waals surface area contributed by atoms with Crippen molar-refractivity contribution in [3.05, 3.63) is 30.6 Å². The molecule has 2 fully saturated rings. The molecule has 11 heteroatoms. The first-order chi connectivity index (χ1) is 14.8. The minimum atomic E-state index is 0. The number of aryl methyl sites for hydroxylation is 1. The van der Waals surface area contributed by atoms with Gasteiger partial charge in [0, 0.05) is 64.7 Å². The van der Waals surface area contributed by atoms with Gasteiger partial charge in [0.2, 0.25) is 5.95 Å². The average molecular weight is 541 g/mol. The average Bonchev–Trinajstić information content (AvgIpc) is 3.49. The molecule has 2 aromatic heterocycles. The van der Waals surface area contributed by atoms with E-state index in [1.165, 1.54) is 0 Å². The van der Waals surface area contributed by atoms with Gasteiger partial charge in [0.05, 0.1) is 12.6 Å². The van der Waals surface area contributed by atoms with Gasteiger partial charge >= 0.3 is 0 Å². The van der Waals surface area contributed by atoms with E-state index in [0.29, 0.717) is 6.54 Å². The Kier molecular flexibility index (Phi) is 9.25. The summed E-state index contributed by atoms with van der Waals surface area (Å²) in [6.07, 6.45) is 8.72. The van der Waals surface area contributed by atoms with Crippen molar-refractivity contribution in [2.24, 2.45) is 4.99 Å². The molecule has 0 aliphatic carbocycles. The predicted octanol–water partition coefficient (Wildman–Crippen LogP) is 1.20. The third kappa shape index (κ3) is 6.48. The fourth-order valence-electron chi connectivity index (χ4n) is 3.84. The fourth-order valence-corrected chi connectivity index (χ4v) is 3.84. The number of aromatic nitrogens is 5. The van der Waals surface area contributed by atoms with Gasteiger partial charge in [0.1, 0.15) is 12.2 Å². The highest BCUT2D eigenvalue weighted by atomic mass is 127. The lowest BCUT2D eigenvalue weighted by Crippen LogP contribution is -2.53. The van der Waals surface area contributed by atoms with Crippen molar-refractivity contribution in [2.75, 3.05) is 50.8 Å². The molecule has 2 saturated heterocycles. The van der Waals surface area contributed by atoms with Gasteiger partial charge in [-0.15, -0.1) is 34.2 Å². The number of piperazine rings is 1. The van der Waals surface area contributed by atoms with Crippen LogP contribution in [0.1, 0.15) is 25.6 Å². The Bertz CT molecular complexity index is 802. The van der Waals surface area contributed by atoms with Crippen LogP contribution in [0.25, 0.3) is 0 Å². The van der Waals surface area contributed by atoms with Crippen molar-refractivity contribution in [3.8, 4) is 0 Å². The molecule has 0 spiro atoms.